The highest BCUT2D eigenvalue weighted by Crippen LogP contribution is 2.46. The van der Waals surface area contributed by atoms with E-state index in [2.05, 4.69) is 23.9 Å². The first-order valence-corrected chi connectivity index (χ1v) is 20.3. The van der Waals surface area contributed by atoms with Crippen molar-refractivity contribution in [2.45, 2.75) is 107 Å². The first-order valence-electron chi connectivity index (χ1n) is 17.8. The van der Waals surface area contributed by atoms with Gasteiger partial charge in [0.05, 0.1) is 30.1 Å². The number of aryl methyl sites for hydroxylation is 1. The van der Waals surface area contributed by atoms with Crippen molar-refractivity contribution >= 4 is 50.0 Å². The van der Waals surface area contributed by atoms with Crippen LogP contribution in [0.5, 0.6) is 11.5 Å². The molecule has 2 aliphatic carbocycles. The summed E-state index contributed by atoms with van der Waals surface area (Å²) in [7, 11) is -2.21. The van der Waals surface area contributed by atoms with Crippen LogP contribution in [-0.4, -0.2) is 77.6 Å². The molecule has 4 aliphatic rings. The number of ether oxygens (including phenoxy) is 2. The lowest BCUT2D eigenvalue weighted by Crippen LogP contribution is -2.56. The number of hydrogen-bond donors (Lipinski definition) is 2. The van der Waals surface area contributed by atoms with Crippen LogP contribution in [0.15, 0.2) is 35.7 Å². The first kappa shape index (κ1) is 35.4. The van der Waals surface area contributed by atoms with Gasteiger partial charge in [-0.1, -0.05) is 32.4 Å². The summed E-state index contributed by atoms with van der Waals surface area (Å²) >= 11 is 1.51. The maximum atomic E-state index is 14.1. The molecule has 0 bridgehead atoms. The molecular formula is C37H45N5O7S2. The zero-order valence-corrected chi connectivity index (χ0v) is 31.1. The van der Waals surface area contributed by atoms with E-state index in [0.29, 0.717) is 42.0 Å². The number of sulfonamides is 1. The van der Waals surface area contributed by atoms with Gasteiger partial charge in [-0.3, -0.25) is 19.1 Å². The maximum Gasteiger partial charge on any atom is 0.259 e. The van der Waals surface area contributed by atoms with E-state index in [1.165, 1.54) is 11.3 Å². The highest BCUT2D eigenvalue weighted by atomic mass is 32.2. The lowest BCUT2D eigenvalue weighted by Gasteiger charge is -2.26. The Labute approximate surface area is 302 Å². The number of benzene rings is 1. The number of carbonyl (C=O) groups excluding carboxylic acids is 3. The number of hydrogen-bond acceptors (Lipinski definition) is 10. The fourth-order valence-electron chi connectivity index (χ4n) is 7.15. The van der Waals surface area contributed by atoms with Crippen LogP contribution < -0.4 is 19.5 Å². The molecule has 51 heavy (non-hydrogen) atoms. The maximum absolute atomic E-state index is 14.1. The van der Waals surface area contributed by atoms with Gasteiger partial charge in [-0.2, -0.15) is 0 Å². The second kappa shape index (κ2) is 13.8. The lowest BCUT2D eigenvalue weighted by atomic mass is 10.1. The number of methoxy groups -OCH3 is 1. The smallest absolute Gasteiger partial charge is 0.259 e. The molecule has 272 valence electrons. The SMILES string of the molecule is COc1ccc2c(OC3CC4C(=O)NC5(C(=O)NS(=O)(=O)C6CC6)CC5C=CCCCCCC(=O)N4C3)cc(-c3nc(C(C)C)cs3)nc2c1C. The van der Waals surface area contributed by atoms with Crippen LogP contribution in [0, 0.1) is 12.8 Å². The minimum Gasteiger partial charge on any atom is -0.496 e. The van der Waals surface area contributed by atoms with Gasteiger partial charge in [0.25, 0.3) is 5.91 Å². The molecule has 2 aromatic heterocycles. The molecule has 3 fully saturated rings. The van der Waals surface area contributed by atoms with Crippen LogP contribution in [0.4, 0.5) is 0 Å². The molecule has 4 unspecified atom stereocenters. The normalized spacial score (nSPS) is 25.6. The standard InChI is InChI=1S/C37H45N5O7S2/c1-21(2)28-20-50-35(39-28)27-17-31(26-14-15-30(48-4)22(3)33(26)38-27)49-24-16-29-34(44)40-37(36(45)41-51(46,47)25-12-13-25)18-23(37)10-8-6-5-7-9-11-32(43)42(29)19-24/h8,10,14-15,17,20-21,23-25,29H,5-7,9,11-13,16,18-19H2,1-4H3,(H,40,44)(H,41,45). The van der Waals surface area contributed by atoms with Crippen LogP contribution in [0.2, 0.25) is 0 Å². The van der Waals surface area contributed by atoms with Crippen molar-refractivity contribution in [1.82, 2.24) is 24.9 Å². The molecule has 2 saturated carbocycles. The topological polar surface area (TPSA) is 157 Å². The van der Waals surface area contributed by atoms with Crippen molar-refractivity contribution in [1.29, 1.82) is 0 Å². The summed E-state index contributed by atoms with van der Waals surface area (Å²) in [6.07, 6.45) is 8.34. The summed E-state index contributed by atoms with van der Waals surface area (Å²) in [5.41, 5.74) is 1.78. The molecule has 4 atom stereocenters. The van der Waals surface area contributed by atoms with E-state index in [0.717, 1.165) is 40.9 Å². The third-order valence-electron chi connectivity index (χ3n) is 10.5. The molecule has 1 saturated heterocycles. The molecular weight excluding hydrogens is 691 g/mol. The Morgan fingerprint density at radius 1 is 1.14 bits per heavy atom. The molecule has 12 nitrogen and oxygen atoms in total. The molecule has 14 heteroatoms. The van der Waals surface area contributed by atoms with E-state index in [-0.39, 0.29) is 43.6 Å². The Morgan fingerprint density at radius 3 is 2.67 bits per heavy atom. The molecule has 0 spiro atoms. The molecule has 4 heterocycles. The Hall–Kier alpha value is -4.04. The van der Waals surface area contributed by atoms with Gasteiger partial charge in [0.1, 0.15) is 39.9 Å². The number of aromatic nitrogens is 2. The van der Waals surface area contributed by atoms with Crippen LogP contribution in [0.1, 0.15) is 88.8 Å². The third-order valence-corrected chi connectivity index (χ3v) is 13.2. The van der Waals surface area contributed by atoms with Gasteiger partial charge in [0.2, 0.25) is 21.8 Å². The lowest BCUT2D eigenvalue weighted by molar-refractivity contribution is -0.139. The molecule has 2 aliphatic heterocycles. The Balaban J connectivity index is 1.19. The van der Waals surface area contributed by atoms with Gasteiger partial charge >= 0.3 is 0 Å². The fraction of sp³-hybridized carbons (Fsp3) is 0.541. The summed E-state index contributed by atoms with van der Waals surface area (Å²) < 4.78 is 40.1. The van der Waals surface area contributed by atoms with Gasteiger partial charge in [-0.25, -0.2) is 18.4 Å². The zero-order valence-electron chi connectivity index (χ0n) is 29.4. The number of allylic oxidation sites excluding steroid dienone is 1. The molecule has 7 rings (SSSR count). The monoisotopic (exact) mass is 735 g/mol. The second-order valence-electron chi connectivity index (χ2n) is 14.5. The van der Waals surface area contributed by atoms with E-state index in [1.54, 1.807) is 12.0 Å². The number of pyridine rings is 1. The molecule has 3 amide bonds. The molecule has 1 aromatic carbocycles. The van der Waals surface area contributed by atoms with Crippen molar-refractivity contribution in [3.05, 3.63) is 47.0 Å². The molecule has 2 N–H and O–H groups in total. The second-order valence-corrected chi connectivity index (χ2v) is 17.4. The van der Waals surface area contributed by atoms with E-state index < -0.39 is 44.8 Å². The summed E-state index contributed by atoms with van der Waals surface area (Å²) in [5, 5.41) is 5.90. The number of nitrogens with one attached hydrogen (secondary N) is 2. The van der Waals surface area contributed by atoms with E-state index >= 15 is 0 Å². The number of nitrogens with zero attached hydrogens (tertiary/aromatic N) is 3. The van der Waals surface area contributed by atoms with Crippen molar-refractivity contribution in [3.8, 4) is 22.2 Å². The average Bonchev–Trinajstić information content (AvgIpc) is 3.97. The third kappa shape index (κ3) is 7.09. The van der Waals surface area contributed by atoms with Gasteiger partial charge in [0.15, 0.2) is 0 Å². The van der Waals surface area contributed by atoms with E-state index in [9.17, 15) is 22.8 Å². The number of fused-ring (bicyclic) bond motifs is 3. The van der Waals surface area contributed by atoms with Gasteiger partial charge in [-0.15, -0.1) is 11.3 Å². The van der Waals surface area contributed by atoms with Gasteiger partial charge in [0, 0.05) is 41.2 Å². The summed E-state index contributed by atoms with van der Waals surface area (Å²) in [6, 6.07) is 4.74. The summed E-state index contributed by atoms with van der Waals surface area (Å²) in [6.45, 7) is 6.30. The van der Waals surface area contributed by atoms with E-state index in [4.69, 9.17) is 19.4 Å². The number of amides is 3. The van der Waals surface area contributed by atoms with Crippen molar-refractivity contribution < 1.29 is 32.3 Å². The summed E-state index contributed by atoms with van der Waals surface area (Å²) in [5.74, 6) is -0.217. The van der Waals surface area contributed by atoms with Gasteiger partial charge < -0.3 is 19.7 Å². The van der Waals surface area contributed by atoms with Crippen LogP contribution >= 0.6 is 11.3 Å². The fourth-order valence-corrected chi connectivity index (χ4v) is 9.45. The Morgan fingerprint density at radius 2 is 1.94 bits per heavy atom. The van der Waals surface area contributed by atoms with Crippen molar-refractivity contribution in [3.63, 3.8) is 0 Å². The van der Waals surface area contributed by atoms with Crippen LogP contribution in [0.3, 0.4) is 0 Å². The minimum absolute atomic E-state index is 0.152. The summed E-state index contributed by atoms with van der Waals surface area (Å²) in [4.78, 5) is 52.8. The highest BCUT2D eigenvalue weighted by molar-refractivity contribution is 7.91. The quantitative estimate of drug-likeness (QED) is 0.299. The average molecular weight is 736 g/mol. The van der Waals surface area contributed by atoms with Crippen LogP contribution in [-0.2, 0) is 24.4 Å². The number of thiazole rings is 1. The molecule has 3 aromatic rings. The largest absolute Gasteiger partial charge is 0.496 e. The first-order chi connectivity index (χ1) is 24.4. The van der Waals surface area contributed by atoms with Crippen molar-refractivity contribution in [2.75, 3.05) is 13.7 Å². The molecule has 0 radical (unpaired) electrons. The number of carbonyl (C=O) groups is 3. The number of rotatable bonds is 8. The van der Waals surface area contributed by atoms with Gasteiger partial charge in [-0.05, 0) is 63.5 Å². The Bertz CT molecular complexity index is 2010. The van der Waals surface area contributed by atoms with Crippen molar-refractivity contribution in [2.24, 2.45) is 5.92 Å². The van der Waals surface area contributed by atoms with E-state index in [1.807, 2.05) is 42.7 Å². The predicted octanol–water partition coefficient (Wildman–Crippen LogP) is 5.15. The minimum atomic E-state index is -3.82. The highest BCUT2D eigenvalue weighted by Gasteiger charge is 2.62. The zero-order chi connectivity index (χ0) is 36.1. The predicted molar refractivity (Wildman–Crippen MR) is 194 cm³/mol. The van der Waals surface area contributed by atoms with Crippen LogP contribution in [0.25, 0.3) is 21.6 Å². The Kier molecular flexibility index (Phi) is 9.59.